The molecule has 0 unspecified atom stereocenters. The molecule has 1 aliphatic heterocycles. The number of rotatable bonds is 10. The Balaban J connectivity index is 0.000000274. The maximum Gasteiger partial charge on any atom is 0.573 e. The molecular weight excluding hydrogens is 511 g/mol. The average molecular weight is 550 g/mol. The Labute approximate surface area is 227 Å². The van der Waals surface area contributed by atoms with Gasteiger partial charge in [-0.05, 0) is 75.0 Å². The van der Waals surface area contributed by atoms with Crippen LogP contribution in [0, 0.1) is 0 Å². The van der Waals surface area contributed by atoms with E-state index in [0.29, 0.717) is 0 Å². The van der Waals surface area contributed by atoms with Crippen LogP contribution < -0.4 is 21.1 Å². The first kappa shape index (κ1) is 31.5. The number of likely N-dealkylation sites (N-methyl/N-ethyl adjacent to an activating group) is 1. The number of carbonyl (C=O) groups excluding carboxylic acids is 2. The lowest BCUT2D eigenvalue weighted by molar-refractivity contribution is -0.274. The monoisotopic (exact) mass is 549 g/mol. The molecule has 1 aromatic carbocycles. The van der Waals surface area contributed by atoms with Crippen LogP contribution in [0.5, 0.6) is 5.75 Å². The number of likely N-dealkylation sites (tertiary alicyclic amines) is 1. The van der Waals surface area contributed by atoms with E-state index in [9.17, 15) is 22.8 Å². The minimum absolute atomic E-state index is 0.0334. The fourth-order valence-electron chi connectivity index (χ4n) is 4.09. The summed E-state index contributed by atoms with van der Waals surface area (Å²) in [4.78, 5) is 28.7. The summed E-state index contributed by atoms with van der Waals surface area (Å²) in [5, 5.41) is 4.48. The molecule has 0 saturated carbocycles. The number of allylic oxidation sites excluding steroid dienone is 3. The Morgan fingerprint density at radius 3 is 2.54 bits per heavy atom. The molecule has 2 aromatic rings. The molecule has 1 aliphatic rings. The molecule has 0 bridgehead atoms. The van der Waals surface area contributed by atoms with Gasteiger partial charge < -0.3 is 26.1 Å². The first-order valence-electron chi connectivity index (χ1n) is 12.8. The fraction of sp³-hybridized carbons (Fsp3) is 0.429. The Hall–Kier alpha value is -3.73. The van der Waals surface area contributed by atoms with Gasteiger partial charge in [0.25, 0.3) is 5.91 Å². The minimum atomic E-state index is -4.87. The van der Waals surface area contributed by atoms with Crippen LogP contribution in [-0.2, 0) is 24.2 Å². The molecular formula is C28H38F3N5O3. The highest BCUT2D eigenvalue weighted by Crippen LogP contribution is 2.26. The summed E-state index contributed by atoms with van der Waals surface area (Å²) in [5.41, 5.74) is 10.7. The van der Waals surface area contributed by atoms with Crippen LogP contribution in [0.25, 0.3) is 0 Å². The summed E-state index contributed by atoms with van der Waals surface area (Å²) < 4.78 is 39.9. The van der Waals surface area contributed by atoms with Crippen LogP contribution in [0.3, 0.4) is 0 Å². The van der Waals surface area contributed by atoms with Crippen LogP contribution in [0.15, 0.2) is 48.7 Å². The van der Waals surface area contributed by atoms with Crippen molar-refractivity contribution < 1.29 is 27.5 Å². The molecule has 11 heteroatoms. The second-order valence-corrected chi connectivity index (χ2v) is 9.21. The van der Waals surface area contributed by atoms with Gasteiger partial charge >= 0.3 is 6.36 Å². The first-order valence-corrected chi connectivity index (χ1v) is 12.8. The number of alkyl halides is 3. The van der Waals surface area contributed by atoms with E-state index in [1.807, 2.05) is 6.92 Å². The standard InChI is InChI=1S/C17H26N2.C11H12F3N3O3/c1-4-17-16(9-7-8-14(2)3)15(12-18-17)13-19-10-5-6-11-19;1-16-9(18)5-17-10(19)7-4-6(2-3-8(7)15)20-11(12,13)14/h7-8,12,18H,2,4-6,9-11,13H2,1,3H3;2-4H,5,15H2,1H3,(H,16,18)(H,17,19)/b8-7-;. The van der Waals surface area contributed by atoms with Gasteiger partial charge in [-0.3, -0.25) is 14.5 Å². The number of nitrogen functional groups attached to an aromatic ring is 1. The van der Waals surface area contributed by atoms with Crippen molar-refractivity contribution in [2.75, 3.05) is 32.4 Å². The smallest absolute Gasteiger partial charge is 0.406 e. The maximum atomic E-state index is 12.1. The van der Waals surface area contributed by atoms with Gasteiger partial charge in [-0.1, -0.05) is 31.2 Å². The fourth-order valence-corrected chi connectivity index (χ4v) is 4.09. The lowest BCUT2D eigenvalue weighted by Gasteiger charge is -2.15. The average Bonchev–Trinajstić information content (AvgIpc) is 3.53. The van der Waals surface area contributed by atoms with Gasteiger partial charge in [-0.15, -0.1) is 13.2 Å². The molecule has 5 N–H and O–H groups in total. The normalized spacial score (nSPS) is 13.6. The molecule has 2 amide bonds. The molecule has 0 radical (unpaired) electrons. The number of amides is 2. The quantitative estimate of drug-likeness (QED) is 0.258. The van der Waals surface area contributed by atoms with Crippen LogP contribution >= 0.6 is 0 Å². The lowest BCUT2D eigenvalue weighted by atomic mass is 10.0. The van der Waals surface area contributed by atoms with Gasteiger partial charge in [0.15, 0.2) is 0 Å². The summed E-state index contributed by atoms with van der Waals surface area (Å²) in [7, 11) is 1.38. The topological polar surface area (TPSA) is 112 Å². The van der Waals surface area contributed by atoms with Crippen molar-refractivity contribution in [2.24, 2.45) is 0 Å². The maximum absolute atomic E-state index is 12.1. The number of benzene rings is 1. The number of nitrogens with one attached hydrogen (secondary N) is 3. The first-order chi connectivity index (χ1) is 18.4. The van der Waals surface area contributed by atoms with Crippen molar-refractivity contribution in [3.8, 4) is 5.75 Å². The molecule has 1 fully saturated rings. The van der Waals surface area contributed by atoms with Crippen LogP contribution in [0.4, 0.5) is 18.9 Å². The zero-order chi connectivity index (χ0) is 29.0. The third-order valence-corrected chi connectivity index (χ3v) is 6.03. The largest absolute Gasteiger partial charge is 0.573 e. The molecule has 1 saturated heterocycles. The Morgan fingerprint density at radius 1 is 1.26 bits per heavy atom. The number of aryl methyl sites for hydroxylation is 1. The van der Waals surface area contributed by atoms with Crippen molar-refractivity contribution in [1.82, 2.24) is 20.5 Å². The number of aromatic amines is 1. The highest BCUT2D eigenvalue weighted by atomic mass is 19.4. The molecule has 39 heavy (non-hydrogen) atoms. The summed E-state index contributed by atoms with van der Waals surface area (Å²) in [6.45, 7) is 11.5. The van der Waals surface area contributed by atoms with Gasteiger partial charge in [0.2, 0.25) is 5.91 Å². The summed E-state index contributed by atoms with van der Waals surface area (Å²) in [6, 6.07) is 2.94. The summed E-state index contributed by atoms with van der Waals surface area (Å²) in [5.74, 6) is -1.81. The number of hydrogen-bond acceptors (Lipinski definition) is 5. The molecule has 1 aromatic heterocycles. The van der Waals surface area contributed by atoms with Gasteiger partial charge in [0, 0.05) is 31.2 Å². The number of hydrogen-bond donors (Lipinski definition) is 4. The van der Waals surface area contributed by atoms with E-state index in [0.717, 1.165) is 43.2 Å². The number of nitrogens with two attached hydrogens (primary N) is 1. The van der Waals surface area contributed by atoms with Crippen molar-refractivity contribution in [3.05, 3.63) is 71.1 Å². The highest BCUT2D eigenvalue weighted by molar-refractivity contribution is 6.01. The van der Waals surface area contributed by atoms with Crippen LogP contribution in [0.2, 0.25) is 0 Å². The zero-order valence-corrected chi connectivity index (χ0v) is 22.7. The number of aromatic nitrogens is 1. The van der Waals surface area contributed by atoms with E-state index in [1.165, 1.54) is 49.8 Å². The SMILES string of the molecule is C=C(C)/C=C\Cc1c(CN2CCCC2)c[nH]c1CC.CNC(=O)CNC(=O)c1cc(OC(F)(F)F)ccc1N. The van der Waals surface area contributed by atoms with Gasteiger partial charge in [0.05, 0.1) is 12.1 Å². The minimum Gasteiger partial charge on any atom is -0.406 e. The predicted octanol–water partition coefficient (Wildman–Crippen LogP) is 4.49. The van der Waals surface area contributed by atoms with Crippen molar-refractivity contribution >= 4 is 17.5 Å². The Kier molecular flexibility index (Phi) is 12.1. The van der Waals surface area contributed by atoms with E-state index in [2.05, 4.69) is 57.1 Å². The van der Waals surface area contributed by atoms with E-state index in [-0.39, 0.29) is 17.8 Å². The van der Waals surface area contributed by atoms with Gasteiger partial charge in [-0.2, -0.15) is 0 Å². The molecule has 0 spiro atoms. The second kappa shape index (κ2) is 15.0. The van der Waals surface area contributed by atoms with E-state index in [1.54, 1.807) is 0 Å². The molecule has 8 nitrogen and oxygen atoms in total. The molecule has 0 aliphatic carbocycles. The van der Waals surface area contributed by atoms with E-state index in [4.69, 9.17) is 5.73 Å². The van der Waals surface area contributed by atoms with Crippen molar-refractivity contribution in [1.29, 1.82) is 0 Å². The lowest BCUT2D eigenvalue weighted by Crippen LogP contribution is -2.35. The number of anilines is 1. The van der Waals surface area contributed by atoms with Crippen molar-refractivity contribution in [2.45, 2.75) is 52.4 Å². The number of nitrogens with zero attached hydrogens (tertiary/aromatic N) is 1. The molecule has 0 atom stereocenters. The Bertz CT molecular complexity index is 1150. The van der Waals surface area contributed by atoms with E-state index < -0.39 is 23.9 Å². The highest BCUT2D eigenvalue weighted by Gasteiger charge is 2.31. The summed E-state index contributed by atoms with van der Waals surface area (Å²) in [6.07, 6.45) is 6.50. The number of H-pyrrole nitrogens is 1. The number of carbonyl (C=O) groups is 2. The molecule has 3 rings (SSSR count). The van der Waals surface area contributed by atoms with Gasteiger partial charge in [-0.25, -0.2) is 0 Å². The molecule has 2 heterocycles. The third kappa shape index (κ3) is 10.9. The number of halogens is 3. The van der Waals surface area contributed by atoms with Crippen LogP contribution in [-0.4, -0.2) is 54.7 Å². The Morgan fingerprint density at radius 2 is 1.95 bits per heavy atom. The summed E-state index contributed by atoms with van der Waals surface area (Å²) >= 11 is 0. The zero-order valence-electron chi connectivity index (χ0n) is 22.7. The van der Waals surface area contributed by atoms with Crippen molar-refractivity contribution in [3.63, 3.8) is 0 Å². The third-order valence-electron chi connectivity index (χ3n) is 6.03. The van der Waals surface area contributed by atoms with Gasteiger partial charge in [0.1, 0.15) is 5.75 Å². The van der Waals surface area contributed by atoms with Crippen LogP contribution in [0.1, 0.15) is 53.9 Å². The second-order valence-electron chi connectivity index (χ2n) is 9.21. The number of ether oxygens (including phenoxy) is 1. The molecule has 214 valence electrons. The van der Waals surface area contributed by atoms with E-state index >= 15 is 0 Å². The predicted molar refractivity (Wildman–Crippen MR) is 146 cm³/mol.